The third kappa shape index (κ3) is 4.96. The average Bonchev–Trinajstić information content (AvgIpc) is 3.16. The summed E-state index contributed by atoms with van der Waals surface area (Å²) in [6, 6.07) is 14.5. The Bertz CT molecular complexity index is 1170. The first-order valence-electron chi connectivity index (χ1n) is 10.5. The molecule has 1 atom stereocenters. The third-order valence-corrected chi connectivity index (χ3v) is 5.41. The molecule has 1 heterocycles. The molecule has 2 amide bonds. The van der Waals surface area contributed by atoms with Crippen molar-refractivity contribution < 1.29 is 29.0 Å². The van der Waals surface area contributed by atoms with Crippen LogP contribution >= 0.6 is 0 Å². The molecule has 3 N–H and O–H groups in total. The van der Waals surface area contributed by atoms with Crippen molar-refractivity contribution in [3.63, 3.8) is 0 Å². The molecule has 10 nitrogen and oxygen atoms in total. The van der Waals surface area contributed by atoms with Crippen molar-refractivity contribution in [2.24, 2.45) is 0 Å². The van der Waals surface area contributed by atoms with Crippen LogP contribution in [0.25, 0.3) is 11.1 Å². The van der Waals surface area contributed by atoms with Gasteiger partial charge in [-0.25, -0.2) is 14.8 Å². The van der Waals surface area contributed by atoms with Gasteiger partial charge in [0.05, 0.1) is 31.6 Å². The number of nitrogens with one attached hydrogen (secondary N) is 2. The van der Waals surface area contributed by atoms with Crippen molar-refractivity contribution in [2.75, 3.05) is 19.0 Å². The molecule has 2 aromatic carbocycles. The van der Waals surface area contributed by atoms with Gasteiger partial charge >= 0.3 is 18.1 Å². The predicted octanol–water partition coefficient (Wildman–Crippen LogP) is 2.81. The highest BCUT2D eigenvalue weighted by Gasteiger charge is 2.30. The Balaban J connectivity index is 1.41. The zero-order valence-corrected chi connectivity index (χ0v) is 18.2. The zero-order chi connectivity index (χ0) is 24.1. The second-order valence-electron chi connectivity index (χ2n) is 7.57. The molecule has 0 fully saturated rings. The number of carboxylic acid groups (broad SMARTS) is 1. The van der Waals surface area contributed by atoms with Gasteiger partial charge < -0.3 is 25.2 Å². The number of amides is 2. The molecule has 4 rings (SSSR count). The van der Waals surface area contributed by atoms with E-state index in [4.69, 9.17) is 9.47 Å². The molecular weight excluding hydrogens is 440 g/mol. The van der Waals surface area contributed by atoms with Crippen molar-refractivity contribution >= 4 is 23.7 Å². The van der Waals surface area contributed by atoms with E-state index in [1.165, 1.54) is 19.5 Å². The minimum atomic E-state index is -1.37. The maximum Gasteiger partial charge on any atom is 0.407 e. The van der Waals surface area contributed by atoms with Crippen LogP contribution in [0.1, 0.15) is 23.5 Å². The fraction of sp³-hybridized carbons (Fsp3) is 0.208. The van der Waals surface area contributed by atoms with Crippen LogP contribution in [0, 0.1) is 0 Å². The van der Waals surface area contributed by atoms with Crippen molar-refractivity contribution in [2.45, 2.75) is 18.4 Å². The van der Waals surface area contributed by atoms with Crippen LogP contribution in [-0.4, -0.2) is 52.8 Å². The van der Waals surface area contributed by atoms with Crippen LogP contribution in [0.5, 0.6) is 6.01 Å². The summed E-state index contributed by atoms with van der Waals surface area (Å²) in [6.07, 6.45) is 1.07. The maximum absolute atomic E-state index is 12.6. The molecule has 0 aliphatic heterocycles. The summed E-state index contributed by atoms with van der Waals surface area (Å²) in [5.41, 5.74) is 4.45. The molecule has 0 saturated carbocycles. The SMILES string of the molecule is COc1ncc(NC(=O)C(CC(=O)O)NC(=O)OCC2c3ccccc3-c3ccccc32)cn1. The molecule has 1 unspecified atom stereocenters. The topological polar surface area (TPSA) is 140 Å². The highest BCUT2D eigenvalue weighted by atomic mass is 16.5. The number of ether oxygens (including phenoxy) is 2. The Morgan fingerprint density at radius 3 is 2.15 bits per heavy atom. The number of aromatic nitrogens is 2. The summed E-state index contributed by atoms with van der Waals surface area (Å²) in [5.74, 6) is -2.17. The first-order chi connectivity index (χ1) is 16.5. The summed E-state index contributed by atoms with van der Waals surface area (Å²) < 4.78 is 10.3. The molecule has 0 saturated heterocycles. The predicted molar refractivity (Wildman–Crippen MR) is 121 cm³/mol. The van der Waals surface area contributed by atoms with Crippen LogP contribution in [-0.2, 0) is 14.3 Å². The maximum atomic E-state index is 12.6. The number of aliphatic carboxylic acids is 1. The van der Waals surface area contributed by atoms with E-state index in [0.29, 0.717) is 0 Å². The number of rotatable bonds is 8. The normalized spacial score (nSPS) is 12.7. The molecule has 0 spiro atoms. The van der Waals surface area contributed by atoms with Gasteiger partial charge in [0.2, 0.25) is 5.91 Å². The van der Waals surface area contributed by atoms with Gasteiger partial charge in [-0.1, -0.05) is 48.5 Å². The van der Waals surface area contributed by atoms with Crippen LogP contribution in [0.3, 0.4) is 0 Å². The molecule has 174 valence electrons. The smallest absolute Gasteiger partial charge is 0.407 e. The molecule has 1 aliphatic rings. The van der Waals surface area contributed by atoms with Gasteiger partial charge in [0, 0.05) is 5.92 Å². The van der Waals surface area contributed by atoms with Crippen molar-refractivity contribution in [3.8, 4) is 17.1 Å². The largest absolute Gasteiger partial charge is 0.481 e. The van der Waals surface area contributed by atoms with E-state index in [0.717, 1.165) is 22.3 Å². The van der Waals surface area contributed by atoms with Crippen molar-refractivity contribution in [1.29, 1.82) is 0 Å². The average molecular weight is 462 g/mol. The van der Waals surface area contributed by atoms with Crippen LogP contribution in [0.2, 0.25) is 0 Å². The molecule has 1 aromatic heterocycles. The first-order valence-corrected chi connectivity index (χ1v) is 10.5. The van der Waals surface area contributed by atoms with Gasteiger partial charge in [0.15, 0.2) is 0 Å². The number of alkyl carbamates (subject to hydrolysis) is 1. The van der Waals surface area contributed by atoms with E-state index < -0.39 is 30.4 Å². The van der Waals surface area contributed by atoms with Crippen molar-refractivity contribution in [1.82, 2.24) is 15.3 Å². The van der Waals surface area contributed by atoms with E-state index in [9.17, 15) is 19.5 Å². The zero-order valence-electron chi connectivity index (χ0n) is 18.2. The van der Waals surface area contributed by atoms with Gasteiger partial charge in [-0.15, -0.1) is 0 Å². The van der Waals surface area contributed by atoms with Gasteiger partial charge in [-0.2, -0.15) is 0 Å². The van der Waals surface area contributed by atoms with E-state index in [2.05, 4.69) is 20.6 Å². The monoisotopic (exact) mass is 462 g/mol. The summed E-state index contributed by atoms with van der Waals surface area (Å²) in [7, 11) is 1.40. The lowest BCUT2D eigenvalue weighted by Crippen LogP contribution is -2.45. The van der Waals surface area contributed by atoms with Crippen LogP contribution in [0.15, 0.2) is 60.9 Å². The lowest BCUT2D eigenvalue weighted by atomic mass is 9.98. The number of methoxy groups -OCH3 is 1. The molecule has 34 heavy (non-hydrogen) atoms. The van der Waals surface area contributed by atoms with E-state index in [1.54, 1.807) is 0 Å². The van der Waals surface area contributed by atoms with Gasteiger partial charge in [0.1, 0.15) is 12.6 Å². The minimum absolute atomic E-state index is 0.0353. The van der Waals surface area contributed by atoms with Crippen molar-refractivity contribution in [3.05, 3.63) is 72.1 Å². The number of nitrogens with zero attached hydrogens (tertiary/aromatic N) is 2. The van der Waals surface area contributed by atoms with Gasteiger partial charge in [-0.05, 0) is 22.3 Å². The number of hydrogen-bond donors (Lipinski definition) is 3. The second kappa shape index (κ2) is 9.99. The molecular formula is C24H22N4O6. The number of benzene rings is 2. The minimum Gasteiger partial charge on any atom is -0.481 e. The van der Waals surface area contributed by atoms with Gasteiger partial charge in [0.25, 0.3) is 0 Å². The van der Waals surface area contributed by atoms with E-state index in [-0.39, 0.29) is 24.2 Å². The quantitative estimate of drug-likeness (QED) is 0.464. The Morgan fingerprint density at radius 1 is 1.00 bits per heavy atom. The molecule has 3 aromatic rings. The lowest BCUT2D eigenvalue weighted by molar-refractivity contribution is -0.139. The molecule has 0 radical (unpaired) electrons. The summed E-state index contributed by atoms with van der Waals surface area (Å²) in [4.78, 5) is 44.1. The Morgan fingerprint density at radius 2 is 1.59 bits per heavy atom. The third-order valence-electron chi connectivity index (χ3n) is 5.41. The molecule has 0 bridgehead atoms. The standard InChI is InChI=1S/C24H22N4O6/c1-33-23-25-11-14(12-26-23)27-22(31)20(10-21(29)30)28-24(32)34-13-19-17-8-4-2-6-15(17)16-7-3-5-9-18(16)19/h2-9,11-12,19-20H,10,13H2,1H3,(H,27,31)(H,28,32)(H,29,30). The molecule has 10 heteroatoms. The van der Waals surface area contributed by atoms with Crippen LogP contribution < -0.4 is 15.4 Å². The van der Waals surface area contributed by atoms with E-state index >= 15 is 0 Å². The number of fused-ring (bicyclic) bond motifs is 3. The van der Waals surface area contributed by atoms with E-state index in [1.807, 2.05) is 48.5 Å². The number of carbonyl (C=O) groups is 3. The fourth-order valence-electron chi connectivity index (χ4n) is 3.88. The highest BCUT2D eigenvalue weighted by Crippen LogP contribution is 2.44. The Kier molecular flexibility index (Phi) is 6.67. The number of carboxylic acids is 1. The summed E-state index contributed by atoms with van der Waals surface area (Å²) in [6.45, 7) is 0.0353. The number of carbonyl (C=O) groups excluding carboxylic acids is 2. The lowest BCUT2D eigenvalue weighted by Gasteiger charge is -2.18. The number of hydrogen-bond acceptors (Lipinski definition) is 7. The summed E-state index contributed by atoms with van der Waals surface area (Å²) in [5, 5.41) is 14.0. The Labute approximate surface area is 195 Å². The first kappa shape index (κ1) is 22.7. The fourth-order valence-corrected chi connectivity index (χ4v) is 3.88. The Hall–Kier alpha value is -4.47. The van der Waals surface area contributed by atoms with Crippen LogP contribution in [0.4, 0.5) is 10.5 Å². The summed E-state index contributed by atoms with van der Waals surface area (Å²) >= 11 is 0. The number of anilines is 1. The highest BCUT2D eigenvalue weighted by molar-refractivity contribution is 5.98. The van der Waals surface area contributed by atoms with Gasteiger partial charge in [-0.3, -0.25) is 9.59 Å². The second-order valence-corrected chi connectivity index (χ2v) is 7.57. The molecule has 1 aliphatic carbocycles.